The molecule has 1 aliphatic heterocycles. The molecule has 0 aromatic heterocycles. The first-order valence-electron chi connectivity index (χ1n) is 4.65. The Labute approximate surface area is 90.4 Å². The second-order valence-electron chi connectivity index (χ2n) is 3.53. The van der Waals surface area contributed by atoms with Gasteiger partial charge in [-0.1, -0.05) is 0 Å². The summed E-state index contributed by atoms with van der Waals surface area (Å²) in [6, 6.07) is 0.205. The number of ether oxygens (including phenoxy) is 1. The summed E-state index contributed by atoms with van der Waals surface area (Å²) >= 11 is 0. The van der Waals surface area contributed by atoms with E-state index < -0.39 is 11.9 Å². The molecule has 1 saturated heterocycles. The fourth-order valence-electron chi connectivity index (χ4n) is 1.85. The van der Waals surface area contributed by atoms with Crippen molar-refractivity contribution in [2.45, 2.75) is 31.9 Å². The van der Waals surface area contributed by atoms with E-state index in [9.17, 15) is 4.79 Å². The highest BCUT2D eigenvalue weighted by atomic mass is 35.5. The van der Waals surface area contributed by atoms with Gasteiger partial charge in [-0.3, -0.25) is 4.79 Å². The maximum Gasteiger partial charge on any atom is 0.308 e. The van der Waals surface area contributed by atoms with Gasteiger partial charge in [0.1, 0.15) is 0 Å². The second kappa shape index (κ2) is 6.22. The first kappa shape index (κ1) is 13.7. The van der Waals surface area contributed by atoms with Crippen LogP contribution in [0.1, 0.15) is 19.8 Å². The molecule has 0 unspecified atom stereocenters. The Bertz CT molecular complexity index is 183. The molecule has 84 valence electrons. The lowest BCUT2D eigenvalue weighted by molar-refractivity contribution is -0.146. The lowest BCUT2D eigenvalue weighted by Crippen LogP contribution is -2.43. The van der Waals surface area contributed by atoms with E-state index in [0.29, 0.717) is 0 Å². The molecular formula is C9H18ClNO3. The topological polar surface area (TPSA) is 58.6 Å². The van der Waals surface area contributed by atoms with E-state index in [1.165, 1.54) is 0 Å². The zero-order valence-corrected chi connectivity index (χ0v) is 9.34. The summed E-state index contributed by atoms with van der Waals surface area (Å²) < 4.78 is 5.21. The van der Waals surface area contributed by atoms with Gasteiger partial charge in [0.15, 0.2) is 0 Å². The third-order valence-electron chi connectivity index (χ3n) is 2.65. The average Bonchev–Trinajstić information content (AvgIpc) is 2.58. The standard InChI is InChI=1S/C9H17NO3.ClH/c1-6(9(11)12)8(13-2)7-4-3-5-10-7;/h6-8,10H,3-5H2,1-2H3,(H,11,12);1H/t6-,7+,8-;/m1./s1. The van der Waals surface area contributed by atoms with E-state index in [-0.39, 0.29) is 24.6 Å². The van der Waals surface area contributed by atoms with Crippen molar-refractivity contribution >= 4 is 18.4 Å². The molecule has 2 N–H and O–H groups in total. The molecule has 4 nitrogen and oxygen atoms in total. The SMILES string of the molecule is CO[C@@H]([C@@H]1CCCN1)[C@@H](C)C(=O)O.Cl. The minimum absolute atomic E-state index is 0. The van der Waals surface area contributed by atoms with Crippen LogP contribution in [0.15, 0.2) is 0 Å². The van der Waals surface area contributed by atoms with Crippen LogP contribution in [0.2, 0.25) is 0 Å². The van der Waals surface area contributed by atoms with Crippen LogP contribution in [-0.2, 0) is 9.53 Å². The van der Waals surface area contributed by atoms with Crippen LogP contribution in [0.3, 0.4) is 0 Å². The third-order valence-corrected chi connectivity index (χ3v) is 2.65. The predicted octanol–water partition coefficient (Wildman–Crippen LogP) is 0.896. The van der Waals surface area contributed by atoms with Gasteiger partial charge in [0.25, 0.3) is 0 Å². The molecule has 0 radical (unpaired) electrons. The van der Waals surface area contributed by atoms with Crippen LogP contribution in [0.4, 0.5) is 0 Å². The summed E-state index contributed by atoms with van der Waals surface area (Å²) in [5.41, 5.74) is 0. The minimum atomic E-state index is -0.791. The van der Waals surface area contributed by atoms with Crippen molar-refractivity contribution in [3.8, 4) is 0 Å². The molecule has 0 saturated carbocycles. The van der Waals surface area contributed by atoms with Crippen LogP contribution in [-0.4, -0.2) is 36.9 Å². The second-order valence-corrected chi connectivity index (χ2v) is 3.53. The van der Waals surface area contributed by atoms with Crippen molar-refractivity contribution in [3.05, 3.63) is 0 Å². The fraction of sp³-hybridized carbons (Fsp3) is 0.889. The summed E-state index contributed by atoms with van der Waals surface area (Å²) in [6.45, 7) is 2.66. The van der Waals surface area contributed by atoms with Gasteiger partial charge in [-0.2, -0.15) is 0 Å². The molecular weight excluding hydrogens is 206 g/mol. The monoisotopic (exact) mass is 223 g/mol. The quantitative estimate of drug-likeness (QED) is 0.744. The van der Waals surface area contributed by atoms with E-state index in [1.807, 2.05) is 0 Å². The van der Waals surface area contributed by atoms with Crippen LogP contribution >= 0.6 is 12.4 Å². The molecule has 0 aliphatic carbocycles. The first-order valence-corrected chi connectivity index (χ1v) is 4.65. The van der Waals surface area contributed by atoms with Crippen molar-refractivity contribution in [2.24, 2.45) is 5.92 Å². The first-order chi connectivity index (χ1) is 6.16. The fourth-order valence-corrected chi connectivity index (χ4v) is 1.85. The number of nitrogens with one attached hydrogen (secondary N) is 1. The Balaban J connectivity index is 0.00000169. The lowest BCUT2D eigenvalue weighted by Gasteiger charge is -2.25. The van der Waals surface area contributed by atoms with Crippen molar-refractivity contribution < 1.29 is 14.6 Å². The number of carboxylic acids is 1. The van der Waals surface area contributed by atoms with Gasteiger partial charge in [0, 0.05) is 13.2 Å². The number of hydrogen-bond donors (Lipinski definition) is 2. The zero-order valence-electron chi connectivity index (χ0n) is 8.53. The van der Waals surface area contributed by atoms with Crippen LogP contribution in [0, 0.1) is 5.92 Å². The largest absolute Gasteiger partial charge is 0.481 e. The van der Waals surface area contributed by atoms with Crippen LogP contribution in [0.25, 0.3) is 0 Å². The summed E-state index contributed by atoms with van der Waals surface area (Å²) in [4.78, 5) is 10.7. The average molecular weight is 224 g/mol. The molecule has 1 heterocycles. The van der Waals surface area contributed by atoms with E-state index in [4.69, 9.17) is 9.84 Å². The van der Waals surface area contributed by atoms with Gasteiger partial charge in [0.2, 0.25) is 0 Å². The van der Waals surface area contributed by atoms with Crippen molar-refractivity contribution in [1.29, 1.82) is 0 Å². The highest BCUT2D eigenvalue weighted by Crippen LogP contribution is 2.18. The van der Waals surface area contributed by atoms with E-state index in [2.05, 4.69) is 5.32 Å². The van der Waals surface area contributed by atoms with Crippen molar-refractivity contribution in [2.75, 3.05) is 13.7 Å². The van der Waals surface area contributed by atoms with Crippen LogP contribution in [0.5, 0.6) is 0 Å². The third kappa shape index (κ3) is 3.12. The number of hydrogen-bond acceptors (Lipinski definition) is 3. The predicted molar refractivity (Wildman–Crippen MR) is 55.9 cm³/mol. The molecule has 1 rings (SSSR count). The van der Waals surface area contributed by atoms with Gasteiger partial charge in [-0.15, -0.1) is 12.4 Å². The van der Waals surface area contributed by atoms with E-state index >= 15 is 0 Å². The van der Waals surface area contributed by atoms with E-state index in [1.54, 1.807) is 14.0 Å². The van der Waals surface area contributed by atoms with Gasteiger partial charge < -0.3 is 15.2 Å². The number of aliphatic carboxylic acids is 1. The molecule has 0 amide bonds. The number of carbonyl (C=O) groups is 1. The van der Waals surface area contributed by atoms with Gasteiger partial charge in [-0.05, 0) is 26.3 Å². The smallest absolute Gasteiger partial charge is 0.308 e. The molecule has 0 spiro atoms. The molecule has 0 aromatic rings. The Morgan fingerprint density at radius 2 is 2.29 bits per heavy atom. The van der Waals surface area contributed by atoms with Crippen molar-refractivity contribution in [3.63, 3.8) is 0 Å². The zero-order chi connectivity index (χ0) is 9.84. The summed E-state index contributed by atoms with van der Waals surface area (Å²) in [5, 5.41) is 12.1. The number of halogens is 1. The molecule has 0 aromatic carbocycles. The van der Waals surface area contributed by atoms with Crippen LogP contribution < -0.4 is 5.32 Å². The molecule has 1 fully saturated rings. The Hall–Kier alpha value is -0.320. The summed E-state index contributed by atoms with van der Waals surface area (Å²) in [7, 11) is 1.57. The normalized spacial score (nSPS) is 25.1. The minimum Gasteiger partial charge on any atom is -0.481 e. The van der Waals surface area contributed by atoms with Gasteiger partial charge >= 0.3 is 5.97 Å². The van der Waals surface area contributed by atoms with Gasteiger partial charge in [-0.25, -0.2) is 0 Å². The Morgan fingerprint density at radius 3 is 2.64 bits per heavy atom. The molecule has 14 heavy (non-hydrogen) atoms. The Morgan fingerprint density at radius 1 is 1.64 bits per heavy atom. The molecule has 1 aliphatic rings. The maximum atomic E-state index is 10.7. The number of rotatable bonds is 4. The number of carboxylic acid groups (broad SMARTS) is 1. The highest BCUT2D eigenvalue weighted by Gasteiger charge is 2.32. The summed E-state index contributed by atoms with van der Waals surface area (Å²) in [5.74, 6) is -1.24. The van der Waals surface area contributed by atoms with E-state index in [0.717, 1.165) is 19.4 Å². The van der Waals surface area contributed by atoms with Gasteiger partial charge in [0.05, 0.1) is 12.0 Å². The highest BCUT2D eigenvalue weighted by molar-refractivity contribution is 5.85. The molecule has 3 atom stereocenters. The maximum absolute atomic E-state index is 10.7. The number of methoxy groups -OCH3 is 1. The van der Waals surface area contributed by atoms with Crippen molar-refractivity contribution in [1.82, 2.24) is 5.32 Å². The molecule has 5 heteroatoms. The Kier molecular flexibility index (Phi) is 6.08. The lowest BCUT2D eigenvalue weighted by atomic mass is 9.97. The molecule has 0 bridgehead atoms. The summed E-state index contributed by atoms with van der Waals surface area (Å²) in [6.07, 6.45) is 1.91.